The van der Waals surface area contributed by atoms with Gasteiger partial charge in [-0.3, -0.25) is 0 Å². The Hall–Kier alpha value is -5.54. The van der Waals surface area contributed by atoms with Gasteiger partial charge >= 0.3 is 0 Å². The highest BCUT2D eigenvalue weighted by molar-refractivity contribution is 6.07. The van der Waals surface area contributed by atoms with Gasteiger partial charge in [0.05, 0.1) is 22.1 Å². The maximum Gasteiger partial charge on any atom is 0.0716 e. The van der Waals surface area contributed by atoms with Crippen LogP contribution in [0.15, 0.2) is 131 Å². The maximum atomic E-state index is 4.91. The van der Waals surface area contributed by atoms with Crippen LogP contribution < -0.4 is 21.2 Å². The second-order valence-corrected chi connectivity index (χ2v) is 10.8. The van der Waals surface area contributed by atoms with E-state index < -0.39 is 0 Å². The molecule has 0 bridgehead atoms. The Morgan fingerprint density at radius 1 is 0.439 bits per heavy atom. The molecule has 3 nitrogen and oxygen atoms in total. The van der Waals surface area contributed by atoms with Crippen molar-refractivity contribution in [3.8, 4) is 22.3 Å². The second-order valence-electron chi connectivity index (χ2n) is 10.8. The molecule has 0 atom stereocenters. The molecule has 9 rings (SSSR count). The molecule has 0 amide bonds. The van der Waals surface area contributed by atoms with E-state index in [2.05, 4.69) is 132 Å². The van der Waals surface area contributed by atoms with Gasteiger partial charge in [0.1, 0.15) is 0 Å². The van der Waals surface area contributed by atoms with E-state index in [1.807, 2.05) is 6.07 Å². The van der Waals surface area contributed by atoms with Crippen molar-refractivity contribution in [2.75, 3.05) is 0 Å². The van der Waals surface area contributed by atoms with Gasteiger partial charge < -0.3 is 4.98 Å². The van der Waals surface area contributed by atoms with E-state index >= 15 is 0 Å². The zero-order valence-corrected chi connectivity index (χ0v) is 22.1. The molecule has 1 aromatic heterocycles. The van der Waals surface area contributed by atoms with Crippen molar-refractivity contribution in [3.63, 3.8) is 0 Å². The molecule has 6 aromatic carbocycles. The maximum absolute atomic E-state index is 4.91. The van der Waals surface area contributed by atoms with Gasteiger partial charge in [-0.2, -0.15) is 0 Å². The number of nitrogens with zero attached hydrogens (tertiary/aromatic N) is 2. The predicted octanol–water partition coefficient (Wildman–Crippen LogP) is 6.84. The Morgan fingerprint density at radius 2 is 1.07 bits per heavy atom. The van der Waals surface area contributed by atoms with Crippen LogP contribution in [0.2, 0.25) is 0 Å². The van der Waals surface area contributed by atoms with Crippen LogP contribution in [0.1, 0.15) is 11.1 Å². The number of aromatic amines is 1. The number of benzene rings is 6. The number of para-hydroxylation sites is 2. The van der Waals surface area contributed by atoms with E-state index in [1.165, 1.54) is 54.5 Å². The lowest BCUT2D eigenvalue weighted by Crippen LogP contribution is -2.09. The molecule has 0 fully saturated rings. The lowest BCUT2D eigenvalue weighted by molar-refractivity contribution is 1.40. The van der Waals surface area contributed by atoms with Gasteiger partial charge in [0, 0.05) is 44.1 Å². The third kappa shape index (κ3) is 3.60. The summed E-state index contributed by atoms with van der Waals surface area (Å²) in [5, 5.41) is 6.90. The van der Waals surface area contributed by atoms with Crippen molar-refractivity contribution in [2.24, 2.45) is 9.98 Å². The predicted molar refractivity (Wildman–Crippen MR) is 168 cm³/mol. The molecule has 2 aliphatic rings. The Kier molecular flexibility index (Phi) is 4.61. The van der Waals surface area contributed by atoms with Crippen LogP contribution in [0.4, 0.5) is 11.4 Å². The van der Waals surface area contributed by atoms with E-state index in [1.54, 1.807) is 0 Å². The van der Waals surface area contributed by atoms with Gasteiger partial charge in [-0.1, -0.05) is 60.7 Å². The van der Waals surface area contributed by atoms with E-state index in [0.29, 0.717) is 0 Å². The standard InChI is InChI=1S/C38H23N3/c1-3-7-33-27(5-1)29-19-23(9-13-35(29)39-33)17-25-11-15-37-31(21-25)32-22-26(12-16-38(32)41-37)18-24-10-14-36-30(20-24)28-6-2-4-8-34(28)40-36/h1-22,39H/b24-18+,25-17+. The molecule has 0 aliphatic carbocycles. The molecule has 7 aromatic rings. The summed E-state index contributed by atoms with van der Waals surface area (Å²) in [6, 6.07) is 43.1. The Morgan fingerprint density at radius 3 is 1.90 bits per heavy atom. The first-order chi connectivity index (χ1) is 20.2. The average Bonchev–Trinajstić information content (AvgIpc) is 3.68. The molecule has 41 heavy (non-hydrogen) atoms. The van der Waals surface area contributed by atoms with Crippen LogP contribution in [0, 0.1) is 0 Å². The quantitative estimate of drug-likeness (QED) is 0.259. The number of hydrogen-bond donors (Lipinski definition) is 1. The highest BCUT2D eigenvalue weighted by atomic mass is 14.8. The summed E-state index contributed by atoms with van der Waals surface area (Å²) in [5.74, 6) is 0. The van der Waals surface area contributed by atoms with Crippen LogP contribution in [0.3, 0.4) is 0 Å². The van der Waals surface area contributed by atoms with E-state index in [9.17, 15) is 0 Å². The van der Waals surface area contributed by atoms with Crippen molar-refractivity contribution in [1.29, 1.82) is 0 Å². The summed E-state index contributed by atoms with van der Waals surface area (Å²) >= 11 is 0. The first-order valence-corrected chi connectivity index (χ1v) is 13.9. The third-order valence-corrected chi connectivity index (χ3v) is 8.22. The summed E-state index contributed by atoms with van der Waals surface area (Å²) in [5.41, 5.74) is 11.5. The summed E-state index contributed by atoms with van der Waals surface area (Å²) in [7, 11) is 0. The van der Waals surface area contributed by atoms with Gasteiger partial charge in [-0.05, 0) is 94.4 Å². The molecular weight excluding hydrogens is 498 g/mol. The van der Waals surface area contributed by atoms with Gasteiger partial charge in [-0.15, -0.1) is 0 Å². The zero-order chi connectivity index (χ0) is 26.9. The van der Waals surface area contributed by atoms with Gasteiger partial charge in [-0.25, -0.2) is 9.98 Å². The van der Waals surface area contributed by atoms with Crippen LogP contribution in [-0.2, 0) is 0 Å². The monoisotopic (exact) mass is 521 g/mol. The molecule has 3 heterocycles. The fraction of sp³-hybridized carbons (Fsp3) is 0. The molecule has 0 unspecified atom stereocenters. The van der Waals surface area contributed by atoms with Gasteiger partial charge in [0.2, 0.25) is 0 Å². The third-order valence-electron chi connectivity index (χ3n) is 8.22. The average molecular weight is 522 g/mol. The number of nitrogens with one attached hydrogen (secondary N) is 1. The topological polar surface area (TPSA) is 40.5 Å². The minimum Gasteiger partial charge on any atom is -0.355 e. The fourth-order valence-electron chi connectivity index (χ4n) is 6.27. The summed E-state index contributed by atoms with van der Waals surface area (Å²) in [4.78, 5) is 13.2. The summed E-state index contributed by atoms with van der Waals surface area (Å²) in [6.45, 7) is 0. The smallest absolute Gasteiger partial charge is 0.0716 e. The van der Waals surface area contributed by atoms with Gasteiger partial charge in [0.25, 0.3) is 0 Å². The minimum absolute atomic E-state index is 1.02. The minimum atomic E-state index is 1.02. The summed E-state index contributed by atoms with van der Waals surface area (Å²) in [6.07, 6.45) is 4.49. The van der Waals surface area contributed by atoms with Crippen molar-refractivity contribution in [2.45, 2.75) is 0 Å². The Bertz CT molecular complexity index is 2480. The van der Waals surface area contributed by atoms with E-state index in [0.717, 1.165) is 33.2 Å². The highest BCUT2D eigenvalue weighted by Gasteiger charge is 2.15. The molecule has 0 spiro atoms. The first kappa shape index (κ1) is 22.3. The largest absolute Gasteiger partial charge is 0.355 e. The molecule has 190 valence electrons. The van der Waals surface area contributed by atoms with Crippen LogP contribution in [0.5, 0.6) is 0 Å². The van der Waals surface area contributed by atoms with Crippen LogP contribution in [0.25, 0.3) is 56.2 Å². The number of fused-ring (bicyclic) bond motifs is 9. The van der Waals surface area contributed by atoms with Crippen LogP contribution in [-0.4, -0.2) is 4.98 Å². The van der Waals surface area contributed by atoms with Crippen LogP contribution >= 0.6 is 0 Å². The highest BCUT2D eigenvalue weighted by Crippen LogP contribution is 2.34. The number of hydrogen-bond acceptors (Lipinski definition) is 2. The number of rotatable bonds is 2. The number of H-pyrrole nitrogens is 1. The van der Waals surface area contributed by atoms with E-state index in [-0.39, 0.29) is 0 Å². The van der Waals surface area contributed by atoms with Crippen molar-refractivity contribution in [1.82, 2.24) is 4.98 Å². The molecule has 2 aliphatic heterocycles. The zero-order valence-electron chi connectivity index (χ0n) is 22.1. The lowest BCUT2D eigenvalue weighted by atomic mass is 10.00. The van der Waals surface area contributed by atoms with Crippen molar-refractivity contribution < 1.29 is 0 Å². The van der Waals surface area contributed by atoms with Gasteiger partial charge in [0.15, 0.2) is 0 Å². The first-order valence-electron chi connectivity index (χ1n) is 13.9. The molecule has 0 radical (unpaired) electrons. The molecular formula is C38H23N3. The molecule has 1 N–H and O–H groups in total. The lowest BCUT2D eigenvalue weighted by Gasteiger charge is -2.03. The normalized spacial score (nSPS) is 13.6. The fourth-order valence-corrected chi connectivity index (χ4v) is 6.27. The van der Waals surface area contributed by atoms with Crippen molar-refractivity contribution in [3.05, 3.63) is 154 Å². The van der Waals surface area contributed by atoms with Crippen molar-refractivity contribution >= 4 is 45.3 Å². The summed E-state index contributed by atoms with van der Waals surface area (Å²) < 4.78 is 0. The Labute approximate surface area is 235 Å². The SMILES string of the molecule is C(/c1ccc2c(c1)-c1c/c(=C/c3ccc4[nH]c5ccccc5c4c3)ccc1=N2)=c1/ccc2c(c1)-c1ccccc1N=2. The van der Waals surface area contributed by atoms with E-state index in [4.69, 9.17) is 9.98 Å². The molecule has 3 heteroatoms. The number of aromatic nitrogens is 1. The Balaban J connectivity index is 1.11. The second kappa shape index (κ2) is 8.48. The molecule has 0 saturated carbocycles. The molecule has 0 saturated heterocycles.